The van der Waals surface area contributed by atoms with Crippen LogP contribution in [0.3, 0.4) is 0 Å². The molecule has 2 rings (SSSR count). The molecule has 80 valence electrons. The SMILES string of the molecule is COc1ncc(F)cc1OC(=O)C1CC1. The Morgan fingerprint density at radius 1 is 1.60 bits per heavy atom. The Hall–Kier alpha value is -1.65. The number of esters is 1. The second-order valence-electron chi connectivity index (χ2n) is 3.36. The van der Waals surface area contributed by atoms with Gasteiger partial charge in [0.25, 0.3) is 5.88 Å². The van der Waals surface area contributed by atoms with Crippen LogP contribution in [0, 0.1) is 11.7 Å². The van der Waals surface area contributed by atoms with Crippen LogP contribution >= 0.6 is 0 Å². The average molecular weight is 211 g/mol. The fraction of sp³-hybridized carbons (Fsp3) is 0.400. The molecule has 0 unspecified atom stereocenters. The van der Waals surface area contributed by atoms with Gasteiger partial charge in [-0.2, -0.15) is 0 Å². The number of carbonyl (C=O) groups is 1. The molecule has 0 aliphatic heterocycles. The summed E-state index contributed by atoms with van der Waals surface area (Å²) in [6, 6.07) is 1.09. The maximum atomic E-state index is 12.8. The summed E-state index contributed by atoms with van der Waals surface area (Å²) in [5, 5.41) is 0. The zero-order chi connectivity index (χ0) is 10.8. The van der Waals surface area contributed by atoms with Crippen molar-refractivity contribution in [3.63, 3.8) is 0 Å². The highest BCUT2D eigenvalue weighted by Gasteiger charge is 2.32. The van der Waals surface area contributed by atoms with Gasteiger partial charge in [0.05, 0.1) is 19.2 Å². The van der Waals surface area contributed by atoms with Crippen LogP contribution in [0.2, 0.25) is 0 Å². The fourth-order valence-electron chi connectivity index (χ4n) is 1.15. The van der Waals surface area contributed by atoms with Crippen molar-refractivity contribution >= 4 is 5.97 Å². The maximum Gasteiger partial charge on any atom is 0.314 e. The lowest BCUT2D eigenvalue weighted by Crippen LogP contribution is -2.11. The number of hydrogen-bond acceptors (Lipinski definition) is 4. The first-order chi connectivity index (χ1) is 7.20. The summed E-state index contributed by atoms with van der Waals surface area (Å²) in [5.41, 5.74) is 0. The molecule has 1 aliphatic carbocycles. The zero-order valence-corrected chi connectivity index (χ0v) is 8.20. The Labute approximate surface area is 86.0 Å². The molecule has 0 atom stereocenters. The van der Waals surface area contributed by atoms with Gasteiger partial charge >= 0.3 is 5.97 Å². The van der Waals surface area contributed by atoms with Crippen molar-refractivity contribution in [3.8, 4) is 11.6 Å². The van der Waals surface area contributed by atoms with E-state index in [0.717, 1.165) is 25.1 Å². The molecule has 1 aliphatic rings. The number of halogens is 1. The number of nitrogens with zero attached hydrogens (tertiary/aromatic N) is 1. The van der Waals surface area contributed by atoms with E-state index in [2.05, 4.69) is 4.98 Å². The molecular formula is C10H10FNO3. The second-order valence-corrected chi connectivity index (χ2v) is 3.36. The summed E-state index contributed by atoms with van der Waals surface area (Å²) in [6.07, 6.45) is 2.68. The molecule has 0 saturated heterocycles. The molecule has 1 aromatic rings. The maximum absolute atomic E-state index is 12.8. The number of hydrogen-bond donors (Lipinski definition) is 0. The van der Waals surface area contributed by atoms with Crippen molar-refractivity contribution in [2.45, 2.75) is 12.8 Å². The highest BCUT2D eigenvalue weighted by Crippen LogP contribution is 2.33. The Morgan fingerprint density at radius 2 is 2.33 bits per heavy atom. The average Bonchev–Trinajstić information content (AvgIpc) is 3.01. The number of methoxy groups -OCH3 is 1. The summed E-state index contributed by atoms with van der Waals surface area (Å²) in [6.45, 7) is 0. The van der Waals surface area contributed by atoms with Crippen LogP contribution in [0.25, 0.3) is 0 Å². The first kappa shape index (κ1) is 9.89. The van der Waals surface area contributed by atoms with E-state index in [-0.39, 0.29) is 23.5 Å². The van der Waals surface area contributed by atoms with E-state index in [1.165, 1.54) is 7.11 Å². The first-order valence-electron chi connectivity index (χ1n) is 4.62. The van der Waals surface area contributed by atoms with Crippen molar-refractivity contribution in [2.75, 3.05) is 7.11 Å². The third kappa shape index (κ3) is 2.23. The Kier molecular flexibility index (Phi) is 2.53. The van der Waals surface area contributed by atoms with Crippen molar-refractivity contribution in [2.24, 2.45) is 5.92 Å². The molecule has 0 amide bonds. The van der Waals surface area contributed by atoms with Crippen LogP contribution in [0.5, 0.6) is 11.6 Å². The highest BCUT2D eigenvalue weighted by molar-refractivity contribution is 5.77. The largest absolute Gasteiger partial charge is 0.478 e. The van der Waals surface area contributed by atoms with Crippen LogP contribution < -0.4 is 9.47 Å². The molecule has 1 heterocycles. The number of carbonyl (C=O) groups excluding carboxylic acids is 1. The van der Waals surface area contributed by atoms with E-state index in [1.807, 2.05) is 0 Å². The molecular weight excluding hydrogens is 201 g/mol. The molecule has 0 spiro atoms. The van der Waals surface area contributed by atoms with E-state index in [0.29, 0.717) is 0 Å². The first-order valence-corrected chi connectivity index (χ1v) is 4.62. The Morgan fingerprint density at radius 3 is 2.93 bits per heavy atom. The van der Waals surface area contributed by atoms with Crippen LogP contribution in [-0.2, 0) is 4.79 Å². The van der Waals surface area contributed by atoms with Crippen LogP contribution in [0.4, 0.5) is 4.39 Å². The van der Waals surface area contributed by atoms with Crippen molar-refractivity contribution in [3.05, 3.63) is 18.1 Å². The predicted molar refractivity (Wildman–Crippen MR) is 49.1 cm³/mol. The fourth-order valence-corrected chi connectivity index (χ4v) is 1.15. The minimum atomic E-state index is -0.561. The minimum absolute atomic E-state index is 0.0365. The van der Waals surface area contributed by atoms with Gasteiger partial charge in [0.15, 0.2) is 5.75 Å². The topological polar surface area (TPSA) is 48.4 Å². The zero-order valence-electron chi connectivity index (χ0n) is 8.20. The normalized spacial score (nSPS) is 14.8. The molecule has 4 nitrogen and oxygen atoms in total. The monoisotopic (exact) mass is 211 g/mol. The molecule has 15 heavy (non-hydrogen) atoms. The van der Waals surface area contributed by atoms with Gasteiger partial charge in [-0.1, -0.05) is 0 Å². The minimum Gasteiger partial charge on any atom is -0.478 e. The molecule has 1 saturated carbocycles. The van der Waals surface area contributed by atoms with Gasteiger partial charge < -0.3 is 9.47 Å². The van der Waals surface area contributed by atoms with Gasteiger partial charge in [-0.3, -0.25) is 4.79 Å². The lowest BCUT2D eigenvalue weighted by atomic mass is 10.4. The molecule has 5 heteroatoms. The van der Waals surface area contributed by atoms with E-state index >= 15 is 0 Å². The summed E-state index contributed by atoms with van der Waals surface area (Å²) >= 11 is 0. The molecule has 0 bridgehead atoms. The standard InChI is InChI=1S/C10H10FNO3/c1-14-9-8(4-7(11)5-12-9)15-10(13)6-2-3-6/h4-6H,2-3H2,1H3. The van der Waals surface area contributed by atoms with Crippen LogP contribution in [0.15, 0.2) is 12.3 Å². The summed E-state index contributed by atoms with van der Waals surface area (Å²) in [7, 11) is 1.38. The molecule has 1 fully saturated rings. The molecule has 0 N–H and O–H groups in total. The van der Waals surface area contributed by atoms with E-state index in [4.69, 9.17) is 9.47 Å². The number of rotatable bonds is 3. The number of aromatic nitrogens is 1. The number of ether oxygens (including phenoxy) is 2. The van der Waals surface area contributed by atoms with E-state index in [9.17, 15) is 9.18 Å². The summed E-state index contributed by atoms with van der Waals surface area (Å²) in [5.74, 6) is -0.798. The van der Waals surface area contributed by atoms with Gasteiger partial charge in [0, 0.05) is 6.07 Å². The van der Waals surface area contributed by atoms with E-state index in [1.54, 1.807) is 0 Å². The molecule has 0 aromatic carbocycles. The van der Waals surface area contributed by atoms with Gasteiger partial charge in [0.2, 0.25) is 0 Å². The third-order valence-corrected chi connectivity index (χ3v) is 2.10. The van der Waals surface area contributed by atoms with Crippen LogP contribution in [0.1, 0.15) is 12.8 Å². The summed E-state index contributed by atoms with van der Waals surface area (Å²) < 4.78 is 22.7. The van der Waals surface area contributed by atoms with Crippen molar-refractivity contribution in [1.82, 2.24) is 4.98 Å². The lowest BCUT2D eigenvalue weighted by Gasteiger charge is -2.07. The van der Waals surface area contributed by atoms with E-state index < -0.39 is 5.82 Å². The smallest absolute Gasteiger partial charge is 0.314 e. The second kappa shape index (κ2) is 3.84. The lowest BCUT2D eigenvalue weighted by molar-refractivity contribution is -0.135. The predicted octanol–water partition coefficient (Wildman–Crippen LogP) is 1.54. The van der Waals surface area contributed by atoms with Crippen molar-refractivity contribution in [1.29, 1.82) is 0 Å². The third-order valence-electron chi connectivity index (χ3n) is 2.10. The van der Waals surface area contributed by atoms with Crippen LogP contribution in [-0.4, -0.2) is 18.1 Å². The van der Waals surface area contributed by atoms with Crippen molar-refractivity contribution < 1.29 is 18.7 Å². The Balaban J connectivity index is 2.17. The quantitative estimate of drug-likeness (QED) is 0.711. The highest BCUT2D eigenvalue weighted by atomic mass is 19.1. The molecule has 1 aromatic heterocycles. The van der Waals surface area contributed by atoms with Gasteiger partial charge in [-0.25, -0.2) is 9.37 Å². The number of pyridine rings is 1. The Bertz CT molecular complexity index is 390. The summed E-state index contributed by atoms with van der Waals surface area (Å²) in [4.78, 5) is 15.0. The molecule has 0 radical (unpaired) electrons. The van der Waals surface area contributed by atoms with Gasteiger partial charge in [-0.15, -0.1) is 0 Å². The van der Waals surface area contributed by atoms with Gasteiger partial charge in [0.1, 0.15) is 5.82 Å². The van der Waals surface area contributed by atoms with Gasteiger partial charge in [-0.05, 0) is 12.8 Å².